The van der Waals surface area contributed by atoms with Gasteiger partial charge in [0.2, 0.25) is 0 Å². The molecule has 29 heavy (non-hydrogen) atoms. The summed E-state index contributed by atoms with van der Waals surface area (Å²) in [6.45, 7) is 6.36. The Morgan fingerprint density at radius 2 is 1.97 bits per heavy atom. The number of halogens is 2. The molecule has 1 amide bonds. The number of ether oxygens (including phenoxy) is 1. The molecule has 0 aliphatic carbocycles. The fourth-order valence-corrected chi connectivity index (χ4v) is 3.87. The molecule has 152 valence electrons. The normalized spacial score (nSPS) is 17.1. The Morgan fingerprint density at radius 1 is 1.21 bits per heavy atom. The molecule has 1 saturated heterocycles. The summed E-state index contributed by atoms with van der Waals surface area (Å²) in [6, 6.07) is 8.87. The summed E-state index contributed by atoms with van der Waals surface area (Å²) in [5.74, 6) is -0.701. The minimum absolute atomic E-state index is 0.00582. The van der Waals surface area contributed by atoms with Gasteiger partial charge in [0.15, 0.2) is 11.0 Å². The fraction of sp³-hybridized carbons (Fsp3) is 0.273. The van der Waals surface area contributed by atoms with Crippen LogP contribution in [0.5, 0.6) is 5.75 Å². The molecule has 0 aromatic heterocycles. The number of benzene rings is 2. The largest absolute Gasteiger partial charge is 0.496 e. The van der Waals surface area contributed by atoms with E-state index in [1.807, 2.05) is 39.0 Å². The number of hydrogen-bond donors (Lipinski definition) is 0. The van der Waals surface area contributed by atoms with E-state index in [1.54, 1.807) is 13.2 Å². The first-order valence-electron chi connectivity index (χ1n) is 9.18. The number of nitrogens with zero attached hydrogens (tertiary/aromatic N) is 2. The number of carbonyl (C=O) groups is 1. The Hall–Kier alpha value is -2.67. The van der Waals surface area contributed by atoms with Gasteiger partial charge in [-0.25, -0.2) is 13.8 Å². The van der Waals surface area contributed by atoms with Gasteiger partial charge in [-0.05, 0) is 60.0 Å². The number of aliphatic imine (C=N–C) groups is 1. The van der Waals surface area contributed by atoms with E-state index in [0.717, 1.165) is 29.0 Å². The lowest BCUT2D eigenvalue weighted by atomic mass is 10.1. The molecule has 7 heteroatoms. The summed E-state index contributed by atoms with van der Waals surface area (Å²) in [6.07, 6.45) is 1.77. The Labute approximate surface area is 173 Å². The summed E-state index contributed by atoms with van der Waals surface area (Å²) in [4.78, 5) is 19.3. The highest BCUT2D eigenvalue weighted by Crippen LogP contribution is 2.35. The fourth-order valence-electron chi connectivity index (χ4n) is 2.87. The van der Waals surface area contributed by atoms with Crippen molar-refractivity contribution in [1.82, 2.24) is 4.90 Å². The third-order valence-electron chi connectivity index (χ3n) is 4.29. The smallest absolute Gasteiger partial charge is 0.266 e. The highest BCUT2D eigenvalue weighted by molar-refractivity contribution is 8.18. The number of aryl methyl sites for hydroxylation is 1. The van der Waals surface area contributed by atoms with Crippen LogP contribution in [0.3, 0.4) is 0 Å². The summed E-state index contributed by atoms with van der Waals surface area (Å²) >= 11 is 1.18. The van der Waals surface area contributed by atoms with Gasteiger partial charge in [-0.2, -0.15) is 0 Å². The zero-order valence-corrected chi connectivity index (χ0v) is 17.5. The van der Waals surface area contributed by atoms with Gasteiger partial charge in [-0.1, -0.05) is 26.0 Å². The van der Waals surface area contributed by atoms with E-state index in [0.29, 0.717) is 16.6 Å². The molecule has 0 unspecified atom stereocenters. The predicted molar refractivity (Wildman–Crippen MR) is 113 cm³/mol. The van der Waals surface area contributed by atoms with Crippen LogP contribution < -0.4 is 4.74 Å². The molecule has 1 fully saturated rings. The van der Waals surface area contributed by atoms with Crippen LogP contribution in [0, 0.1) is 24.5 Å². The average Bonchev–Trinajstić information content (AvgIpc) is 2.94. The minimum atomic E-state index is -0.768. The van der Waals surface area contributed by atoms with E-state index < -0.39 is 11.6 Å². The maximum absolute atomic E-state index is 14.1. The first-order chi connectivity index (χ1) is 13.8. The summed E-state index contributed by atoms with van der Waals surface area (Å²) in [7, 11) is 1.60. The maximum Gasteiger partial charge on any atom is 0.266 e. The van der Waals surface area contributed by atoms with Crippen LogP contribution in [0.15, 0.2) is 46.3 Å². The lowest BCUT2D eigenvalue weighted by Gasteiger charge is -2.17. The molecule has 1 aliphatic heterocycles. The second-order valence-corrected chi connectivity index (χ2v) is 8.15. The predicted octanol–water partition coefficient (Wildman–Crippen LogP) is 5.54. The molecule has 1 heterocycles. The molecule has 0 saturated carbocycles. The molecule has 0 radical (unpaired) electrons. The molecule has 2 aromatic carbocycles. The van der Waals surface area contributed by atoms with Crippen molar-refractivity contribution in [2.45, 2.75) is 20.8 Å². The minimum Gasteiger partial charge on any atom is -0.496 e. The van der Waals surface area contributed by atoms with Crippen molar-refractivity contribution >= 4 is 34.6 Å². The lowest BCUT2D eigenvalue weighted by Crippen LogP contribution is -2.32. The molecule has 0 atom stereocenters. The third kappa shape index (κ3) is 4.85. The van der Waals surface area contributed by atoms with Gasteiger partial charge >= 0.3 is 0 Å². The van der Waals surface area contributed by atoms with Gasteiger partial charge in [0.25, 0.3) is 5.91 Å². The molecule has 3 rings (SSSR count). The standard InChI is InChI=1S/C22H22F2N2O2S/c1-13(2)12-26-21(27)20(10-15-6-5-14(3)19(9-15)28-4)29-22(26)25-18-8-7-16(23)11-17(18)24/h5-11,13H,12H2,1-4H3/b20-10+,25-22?. The van der Waals surface area contributed by atoms with Crippen LogP contribution in [-0.2, 0) is 4.79 Å². The monoisotopic (exact) mass is 416 g/mol. The van der Waals surface area contributed by atoms with Crippen molar-refractivity contribution in [3.63, 3.8) is 0 Å². The van der Waals surface area contributed by atoms with Crippen molar-refractivity contribution in [1.29, 1.82) is 0 Å². The number of amidine groups is 1. The summed E-state index contributed by atoms with van der Waals surface area (Å²) in [5.41, 5.74) is 1.81. The van der Waals surface area contributed by atoms with Crippen LogP contribution in [-0.4, -0.2) is 29.6 Å². The molecule has 1 aliphatic rings. The molecule has 4 nitrogen and oxygen atoms in total. The first-order valence-corrected chi connectivity index (χ1v) is 10.00. The Bertz CT molecular complexity index is 1000. The number of carbonyl (C=O) groups excluding carboxylic acids is 1. The second-order valence-electron chi connectivity index (χ2n) is 7.14. The number of hydrogen-bond acceptors (Lipinski definition) is 4. The van der Waals surface area contributed by atoms with Crippen molar-refractivity contribution in [2.75, 3.05) is 13.7 Å². The number of methoxy groups -OCH3 is 1. The van der Waals surface area contributed by atoms with E-state index in [-0.39, 0.29) is 17.5 Å². The zero-order valence-electron chi connectivity index (χ0n) is 16.7. The Balaban J connectivity index is 1.99. The number of thioether (sulfide) groups is 1. The van der Waals surface area contributed by atoms with Gasteiger partial charge in [-0.15, -0.1) is 0 Å². The van der Waals surface area contributed by atoms with Crippen LogP contribution in [0.1, 0.15) is 25.0 Å². The SMILES string of the molecule is COc1cc(/C=C2/SC(=Nc3ccc(F)cc3F)N(CC(C)C)C2=O)ccc1C. The van der Waals surface area contributed by atoms with Crippen molar-refractivity contribution < 1.29 is 18.3 Å². The molecule has 0 spiro atoms. The molecular formula is C22H22F2N2O2S. The molecule has 0 bridgehead atoms. The molecular weight excluding hydrogens is 394 g/mol. The highest BCUT2D eigenvalue weighted by Gasteiger charge is 2.34. The Kier molecular flexibility index (Phi) is 6.37. The molecule has 0 N–H and O–H groups in total. The Morgan fingerprint density at radius 3 is 2.62 bits per heavy atom. The van der Waals surface area contributed by atoms with Crippen molar-refractivity contribution in [3.05, 3.63) is 64.1 Å². The number of amides is 1. The van der Waals surface area contributed by atoms with Crippen molar-refractivity contribution in [3.8, 4) is 5.75 Å². The van der Waals surface area contributed by atoms with Crippen LogP contribution >= 0.6 is 11.8 Å². The average molecular weight is 416 g/mol. The van der Waals surface area contributed by atoms with Crippen LogP contribution in [0.25, 0.3) is 6.08 Å². The summed E-state index contributed by atoms with van der Waals surface area (Å²) < 4.78 is 32.6. The lowest BCUT2D eigenvalue weighted by molar-refractivity contribution is -0.122. The summed E-state index contributed by atoms with van der Waals surface area (Å²) in [5, 5.41) is 0.375. The molecule has 2 aromatic rings. The topological polar surface area (TPSA) is 41.9 Å². The van der Waals surface area contributed by atoms with Gasteiger partial charge in [0.1, 0.15) is 17.3 Å². The van der Waals surface area contributed by atoms with E-state index in [9.17, 15) is 13.6 Å². The highest BCUT2D eigenvalue weighted by atomic mass is 32.2. The van der Waals surface area contributed by atoms with Gasteiger partial charge < -0.3 is 4.74 Å². The van der Waals surface area contributed by atoms with E-state index in [1.165, 1.54) is 22.7 Å². The zero-order chi connectivity index (χ0) is 21.1. The maximum atomic E-state index is 14.1. The van der Waals surface area contributed by atoms with Gasteiger partial charge in [0, 0.05) is 12.6 Å². The second kappa shape index (κ2) is 8.78. The van der Waals surface area contributed by atoms with Gasteiger partial charge in [-0.3, -0.25) is 9.69 Å². The van der Waals surface area contributed by atoms with E-state index >= 15 is 0 Å². The third-order valence-corrected chi connectivity index (χ3v) is 5.30. The number of rotatable bonds is 5. The van der Waals surface area contributed by atoms with Gasteiger partial charge in [0.05, 0.1) is 12.0 Å². The van der Waals surface area contributed by atoms with Crippen LogP contribution in [0.2, 0.25) is 0 Å². The first kappa shape index (κ1) is 21.0. The van der Waals surface area contributed by atoms with Crippen LogP contribution in [0.4, 0.5) is 14.5 Å². The van der Waals surface area contributed by atoms with Crippen molar-refractivity contribution in [2.24, 2.45) is 10.9 Å². The van der Waals surface area contributed by atoms with E-state index in [2.05, 4.69) is 4.99 Å². The quantitative estimate of drug-likeness (QED) is 0.601. The van der Waals surface area contributed by atoms with E-state index in [4.69, 9.17) is 4.74 Å².